The number of benzene rings is 1. The number of halogens is 1. The van der Waals surface area contributed by atoms with Crippen molar-refractivity contribution in [2.24, 2.45) is 11.8 Å². The third-order valence-electron chi connectivity index (χ3n) is 5.03. The van der Waals surface area contributed by atoms with Gasteiger partial charge in [-0.3, -0.25) is 0 Å². The van der Waals surface area contributed by atoms with Crippen LogP contribution in [-0.4, -0.2) is 6.04 Å². The number of fused-ring (bicyclic) bond motifs is 1. The Kier molecular flexibility index (Phi) is 3.86. The molecule has 0 aromatic heterocycles. The van der Waals surface area contributed by atoms with E-state index in [2.05, 4.69) is 31.3 Å². The van der Waals surface area contributed by atoms with E-state index in [0.29, 0.717) is 12.1 Å². The lowest BCUT2D eigenvalue weighted by Gasteiger charge is -2.35. The number of rotatable bonds is 2. The normalized spacial score (nSPS) is 34.3. The summed E-state index contributed by atoms with van der Waals surface area (Å²) in [4.78, 5) is 0. The Morgan fingerprint density at radius 3 is 2.79 bits per heavy atom. The lowest BCUT2D eigenvalue weighted by Crippen LogP contribution is -2.40. The summed E-state index contributed by atoms with van der Waals surface area (Å²) in [6, 6.07) is 7.65. The molecule has 2 aliphatic carbocycles. The third kappa shape index (κ3) is 2.83. The maximum Gasteiger partial charge on any atom is 0.0408 e. The van der Waals surface area contributed by atoms with E-state index in [1.165, 1.54) is 43.2 Å². The van der Waals surface area contributed by atoms with Gasteiger partial charge in [-0.1, -0.05) is 31.5 Å². The maximum absolute atomic E-state index is 6.08. The second-order valence-corrected chi connectivity index (χ2v) is 7.04. The molecular formula is C17H24ClN. The third-order valence-corrected chi connectivity index (χ3v) is 5.26. The zero-order valence-corrected chi connectivity index (χ0v) is 12.7. The van der Waals surface area contributed by atoms with Gasteiger partial charge in [-0.05, 0) is 67.2 Å². The molecule has 0 bridgehead atoms. The molecule has 1 aromatic rings. The van der Waals surface area contributed by atoms with E-state index in [1.54, 1.807) is 0 Å². The van der Waals surface area contributed by atoms with Crippen LogP contribution in [0.25, 0.3) is 0 Å². The van der Waals surface area contributed by atoms with E-state index < -0.39 is 0 Å². The molecule has 104 valence electrons. The van der Waals surface area contributed by atoms with Crippen LogP contribution in [0.3, 0.4) is 0 Å². The Balaban J connectivity index is 1.69. The molecule has 0 amide bonds. The molecule has 1 saturated carbocycles. The zero-order valence-electron chi connectivity index (χ0n) is 12.0. The van der Waals surface area contributed by atoms with Gasteiger partial charge in [-0.25, -0.2) is 0 Å². The first-order chi connectivity index (χ1) is 9.13. The second-order valence-electron chi connectivity index (χ2n) is 6.60. The van der Waals surface area contributed by atoms with Gasteiger partial charge in [0.15, 0.2) is 0 Å². The maximum atomic E-state index is 6.08. The van der Waals surface area contributed by atoms with Crippen LogP contribution in [0.1, 0.15) is 56.7 Å². The van der Waals surface area contributed by atoms with E-state index >= 15 is 0 Å². The summed E-state index contributed by atoms with van der Waals surface area (Å²) in [5.41, 5.74) is 2.93. The molecule has 1 aromatic carbocycles. The van der Waals surface area contributed by atoms with Crippen LogP contribution in [-0.2, 0) is 6.42 Å². The van der Waals surface area contributed by atoms with E-state index in [1.807, 2.05) is 6.07 Å². The van der Waals surface area contributed by atoms with Crippen LogP contribution in [0.5, 0.6) is 0 Å². The fourth-order valence-electron chi connectivity index (χ4n) is 3.93. The van der Waals surface area contributed by atoms with Gasteiger partial charge >= 0.3 is 0 Å². The molecule has 19 heavy (non-hydrogen) atoms. The Bertz CT molecular complexity index is 457. The first kappa shape index (κ1) is 13.5. The SMILES string of the molecule is CC1CCC(NC2CCc3cc(Cl)ccc32)C(C)C1. The molecule has 2 heteroatoms. The van der Waals surface area contributed by atoms with Crippen molar-refractivity contribution < 1.29 is 0 Å². The standard InChI is InChI=1S/C17H24ClN/c1-11-3-7-16(12(2)9-11)19-17-8-4-13-10-14(18)5-6-15(13)17/h5-6,10-12,16-17,19H,3-4,7-9H2,1-2H3. The number of hydrogen-bond donors (Lipinski definition) is 1. The molecule has 4 unspecified atom stereocenters. The number of hydrogen-bond acceptors (Lipinski definition) is 1. The summed E-state index contributed by atoms with van der Waals surface area (Å²) in [5, 5.41) is 4.79. The van der Waals surface area contributed by atoms with Crippen LogP contribution in [0, 0.1) is 11.8 Å². The van der Waals surface area contributed by atoms with E-state index in [4.69, 9.17) is 11.6 Å². The topological polar surface area (TPSA) is 12.0 Å². The fourth-order valence-corrected chi connectivity index (χ4v) is 4.13. The molecule has 0 saturated heterocycles. The fraction of sp³-hybridized carbons (Fsp3) is 0.647. The highest BCUT2D eigenvalue weighted by atomic mass is 35.5. The highest BCUT2D eigenvalue weighted by Gasteiger charge is 2.30. The van der Waals surface area contributed by atoms with Crippen molar-refractivity contribution >= 4 is 11.6 Å². The monoisotopic (exact) mass is 277 g/mol. The summed E-state index contributed by atoms with van der Waals surface area (Å²) in [6.45, 7) is 4.80. The van der Waals surface area contributed by atoms with Gasteiger partial charge in [0, 0.05) is 17.1 Å². The predicted octanol–water partition coefficient (Wildman–Crippen LogP) is 4.74. The molecule has 1 nitrogen and oxygen atoms in total. The van der Waals surface area contributed by atoms with Crippen LogP contribution in [0.2, 0.25) is 5.02 Å². The largest absolute Gasteiger partial charge is 0.307 e. The molecule has 0 radical (unpaired) electrons. The lowest BCUT2D eigenvalue weighted by atomic mass is 9.79. The highest BCUT2D eigenvalue weighted by Crippen LogP contribution is 2.36. The van der Waals surface area contributed by atoms with Crippen molar-refractivity contribution in [2.45, 2.75) is 58.0 Å². The van der Waals surface area contributed by atoms with Crippen molar-refractivity contribution in [3.8, 4) is 0 Å². The molecule has 1 N–H and O–H groups in total. The number of aryl methyl sites for hydroxylation is 1. The van der Waals surface area contributed by atoms with E-state index in [9.17, 15) is 0 Å². The second kappa shape index (κ2) is 5.46. The molecule has 2 aliphatic rings. The quantitative estimate of drug-likeness (QED) is 0.823. The summed E-state index contributed by atoms with van der Waals surface area (Å²) >= 11 is 6.08. The average molecular weight is 278 g/mol. The van der Waals surface area contributed by atoms with Gasteiger partial charge in [0.1, 0.15) is 0 Å². The van der Waals surface area contributed by atoms with Gasteiger partial charge in [-0.15, -0.1) is 0 Å². The van der Waals surface area contributed by atoms with Gasteiger partial charge < -0.3 is 5.32 Å². The highest BCUT2D eigenvalue weighted by molar-refractivity contribution is 6.30. The summed E-state index contributed by atoms with van der Waals surface area (Å²) in [5.74, 6) is 1.71. The van der Waals surface area contributed by atoms with Crippen molar-refractivity contribution in [2.75, 3.05) is 0 Å². The Labute approximate surface area is 121 Å². The predicted molar refractivity (Wildman–Crippen MR) is 81.6 cm³/mol. The van der Waals surface area contributed by atoms with Gasteiger partial charge in [0.05, 0.1) is 0 Å². The van der Waals surface area contributed by atoms with Gasteiger partial charge in [-0.2, -0.15) is 0 Å². The molecule has 0 heterocycles. The first-order valence-corrected chi connectivity index (χ1v) is 8.05. The van der Waals surface area contributed by atoms with Gasteiger partial charge in [0.25, 0.3) is 0 Å². The minimum atomic E-state index is 0.549. The molecule has 0 aliphatic heterocycles. The first-order valence-electron chi connectivity index (χ1n) is 7.68. The minimum absolute atomic E-state index is 0.549. The lowest BCUT2D eigenvalue weighted by molar-refractivity contribution is 0.213. The Morgan fingerprint density at radius 1 is 1.16 bits per heavy atom. The van der Waals surface area contributed by atoms with Gasteiger partial charge in [0.2, 0.25) is 0 Å². The minimum Gasteiger partial charge on any atom is -0.307 e. The Morgan fingerprint density at radius 2 is 2.00 bits per heavy atom. The molecule has 3 rings (SSSR count). The van der Waals surface area contributed by atoms with Crippen LogP contribution in [0.4, 0.5) is 0 Å². The molecule has 4 atom stereocenters. The summed E-state index contributed by atoms with van der Waals surface area (Å²) in [6.07, 6.45) is 6.49. The van der Waals surface area contributed by atoms with Crippen molar-refractivity contribution in [3.63, 3.8) is 0 Å². The number of nitrogens with one attached hydrogen (secondary N) is 1. The Hall–Kier alpha value is -0.530. The van der Waals surface area contributed by atoms with E-state index in [0.717, 1.165) is 16.9 Å². The molecule has 1 fully saturated rings. The molecule has 0 spiro atoms. The molecular weight excluding hydrogens is 254 g/mol. The average Bonchev–Trinajstić information content (AvgIpc) is 2.75. The van der Waals surface area contributed by atoms with Crippen LogP contribution in [0.15, 0.2) is 18.2 Å². The zero-order chi connectivity index (χ0) is 13.4. The summed E-state index contributed by atoms with van der Waals surface area (Å²) in [7, 11) is 0. The summed E-state index contributed by atoms with van der Waals surface area (Å²) < 4.78 is 0. The van der Waals surface area contributed by atoms with Crippen molar-refractivity contribution in [1.82, 2.24) is 5.32 Å². The van der Waals surface area contributed by atoms with Crippen molar-refractivity contribution in [3.05, 3.63) is 34.3 Å². The van der Waals surface area contributed by atoms with Crippen LogP contribution >= 0.6 is 11.6 Å². The van der Waals surface area contributed by atoms with Crippen LogP contribution < -0.4 is 5.32 Å². The van der Waals surface area contributed by atoms with E-state index in [-0.39, 0.29) is 0 Å². The van der Waals surface area contributed by atoms with Crippen molar-refractivity contribution in [1.29, 1.82) is 0 Å². The smallest absolute Gasteiger partial charge is 0.0408 e.